The van der Waals surface area contributed by atoms with Crippen LogP contribution in [0, 0.1) is 5.82 Å². The van der Waals surface area contributed by atoms with Gasteiger partial charge in [0.25, 0.3) is 5.22 Å². The summed E-state index contributed by atoms with van der Waals surface area (Å²) in [6.07, 6.45) is 0.867. The van der Waals surface area contributed by atoms with Crippen LogP contribution in [0.1, 0.15) is 18.4 Å². The number of aromatic nitrogens is 2. The van der Waals surface area contributed by atoms with Gasteiger partial charge >= 0.3 is 0 Å². The molecule has 1 amide bonds. The molecular weight excluding hydrogens is 379 g/mol. The van der Waals surface area contributed by atoms with Crippen LogP contribution in [-0.2, 0) is 17.8 Å². The van der Waals surface area contributed by atoms with Crippen LogP contribution >= 0.6 is 11.8 Å². The Kier molecular flexibility index (Phi) is 5.29. The van der Waals surface area contributed by atoms with Gasteiger partial charge in [-0.1, -0.05) is 30.0 Å². The maximum absolute atomic E-state index is 12.9. The van der Waals surface area contributed by atoms with Crippen LogP contribution in [0.3, 0.4) is 0 Å². The van der Waals surface area contributed by atoms with Gasteiger partial charge in [-0.05, 0) is 49.2 Å². The van der Waals surface area contributed by atoms with E-state index in [1.165, 1.54) is 29.5 Å². The number of benzene rings is 2. The fourth-order valence-electron chi connectivity index (χ4n) is 3.25. The summed E-state index contributed by atoms with van der Waals surface area (Å²) in [6.45, 7) is 2.37. The number of carbonyl (C=O) groups excluding carboxylic acids is 1. The van der Waals surface area contributed by atoms with Crippen molar-refractivity contribution in [1.29, 1.82) is 0 Å². The second kappa shape index (κ2) is 8.02. The second-order valence-corrected chi connectivity index (χ2v) is 7.48. The van der Waals surface area contributed by atoms with E-state index >= 15 is 0 Å². The van der Waals surface area contributed by atoms with E-state index in [-0.39, 0.29) is 23.5 Å². The highest BCUT2D eigenvalue weighted by Gasteiger charge is 2.30. The number of amides is 1. The van der Waals surface area contributed by atoms with Gasteiger partial charge in [0, 0.05) is 17.4 Å². The summed E-state index contributed by atoms with van der Waals surface area (Å²) in [5, 5.41) is 11.4. The van der Waals surface area contributed by atoms with Gasteiger partial charge in [-0.15, -0.1) is 10.2 Å². The number of hydrogen-bond donors (Lipinski definition) is 1. The Morgan fingerprint density at radius 2 is 2.04 bits per heavy atom. The van der Waals surface area contributed by atoms with Crippen molar-refractivity contribution in [3.63, 3.8) is 0 Å². The molecule has 1 aliphatic heterocycles. The average Bonchev–Trinajstić information content (AvgIpc) is 3.29. The quantitative estimate of drug-likeness (QED) is 0.635. The Balaban J connectivity index is 1.32. The number of fused-ring (bicyclic) bond motifs is 1. The van der Waals surface area contributed by atoms with Crippen LogP contribution in [0.2, 0.25) is 0 Å². The summed E-state index contributed by atoms with van der Waals surface area (Å²) in [5.74, 6) is 0.360. The number of thioether (sulfide) groups is 1. The van der Waals surface area contributed by atoms with Crippen molar-refractivity contribution < 1.29 is 13.6 Å². The summed E-state index contributed by atoms with van der Waals surface area (Å²) in [7, 11) is 0. The number of hydrogen-bond acceptors (Lipinski definition) is 6. The molecule has 0 spiro atoms. The van der Waals surface area contributed by atoms with Crippen molar-refractivity contribution in [3.05, 3.63) is 65.8 Å². The predicted octanol–water partition coefficient (Wildman–Crippen LogP) is 3.89. The van der Waals surface area contributed by atoms with Crippen LogP contribution in [0.4, 0.5) is 15.8 Å². The van der Waals surface area contributed by atoms with E-state index in [4.69, 9.17) is 4.42 Å². The zero-order valence-corrected chi connectivity index (χ0v) is 16.1. The Morgan fingerprint density at radius 3 is 2.86 bits per heavy atom. The van der Waals surface area contributed by atoms with E-state index in [0.29, 0.717) is 17.7 Å². The smallest absolute Gasteiger partial charge is 0.277 e. The molecular formula is C20H19FN4O2S. The van der Waals surface area contributed by atoms with Gasteiger partial charge in [0.15, 0.2) is 0 Å². The molecule has 0 fully saturated rings. The summed E-state index contributed by atoms with van der Waals surface area (Å²) < 4.78 is 18.5. The zero-order chi connectivity index (χ0) is 19.5. The van der Waals surface area contributed by atoms with Gasteiger partial charge in [-0.2, -0.15) is 0 Å². The molecule has 0 bridgehead atoms. The Morgan fingerprint density at radius 1 is 1.25 bits per heavy atom. The van der Waals surface area contributed by atoms with E-state index in [1.807, 2.05) is 23.1 Å². The maximum atomic E-state index is 12.9. The molecule has 1 aliphatic rings. The SMILES string of the molecule is CC1Cc2ccccc2N1C(=O)CSc1nnc(CNc2ccc(F)cc2)o1. The lowest BCUT2D eigenvalue weighted by atomic mass is 10.1. The number of carbonyl (C=O) groups is 1. The number of rotatable bonds is 6. The average molecular weight is 398 g/mol. The molecule has 1 unspecified atom stereocenters. The van der Waals surface area contributed by atoms with Gasteiger partial charge in [0.2, 0.25) is 11.8 Å². The number of nitrogens with zero attached hydrogens (tertiary/aromatic N) is 3. The van der Waals surface area contributed by atoms with E-state index in [0.717, 1.165) is 17.8 Å². The molecule has 0 saturated heterocycles. The minimum Gasteiger partial charge on any atom is -0.414 e. The van der Waals surface area contributed by atoms with Crippen molar-refractivity contribution in [3.8, 4) is 0 Å². The number of halogens is 1. The summed E-state index contributed by atoms with van der Waals surface area (Å²) in [4.78, 5) is 14.6. The van der Waals surface area contributed by atoms with E-state index in [9.17, 15) is 9.18 Å². The van der Waals surface area contributed by atoms with E-state index in [2.05, 4.69) is 28.5 Å². The topological polar surface area (TPSA) is 71.3 Å². The predicted molar refractivity (Wildman–Crippen MR) is 106 cm³/mol. The Labute approximate surface area is 166 Å². The minimum absolute atomic E-state index is 0.0200. The third-order valence-electron chi connectivity index (χ3n) is 4.53. The molecule has 0 radical (unpaired) electrons. The molecule has 1 aromatic heterocycles. The van der Waals surface area contributed by atoms with E-state index in [1.54, 1.807) is 12.1 Å². The lowest BCUT2D eigenvalue weighted by Gasteiger charge is -2.22. The second-order valence-electron chi connectivity index (χ2n) is 6.56. The summed E-state index contributed by atoms with van der Waals surface area (Å²) in [6, 6.07) is 14.1. The number of anilines is 2. The highest BCUT2D eigenvalue weighted by molar-refractivity contribution is 7.99. The van der Waals surface area contributed by atoms with Crippen LogP contribution in [0.5, 0.6) is 0 Å². The van der Waals surface area contributed by atoms with Crippen molar-refractivity contribution >= 4 is 29.0 Å². The van der Waals surface area contributed by atoms with Gasteiger partial charge in [-0.25, -0.2) is 4.39 Å². The third kappa shape index (κ3) is 4.01. The minimum atomic E-state index is -0.290. The molecule has 1 atom stereocenters. The van der Waals surface area contributed by atoms with Crippen molar-refractivity contribution in [2.45, 2.75) is 31.2 Å². The first-order valence-electron chi connectivity index (χ1n) is 8.95. The fourth-order valence-corrected chi connectivity index (χ4v) is 3.89. The first kappa shape index (κ1) is 18.5. The van der Waals surface area contributed by atoms with E-state index < -0.39 is 0 Å². The van der Waals surface area contributed by atoms with Gasteiger partial charge < -0.3 is 14.6 Å². The monoisotopic (exact) mass is 398 g/mol. The molecule has 8 heteroatoms. The molecule has 2 heterocycles. The standard InChI is InChI=1S/C20H19FN4O2S/c1-13-10-14-4-2-3-5-17(14)25(13)19(26)12-28-20-24-23-18(27-20)11-22-16-8-6-15(21)7-9-16/h2-9,13,22H,10-12H2,1H3. The molecule has 28 heavy (non-hydrogen) atoms. The highest BCUT2D eigenvalue weighted by Crippen LogP contribution is 2.32. The molecule has 4 rings (SSSR count). The molecule has 0 saturated carbocycles. The van der Waals surface area contributed by atoms with Crippen molar-refractivity contribution in [2.75, 3.05) is 16.0 Å². The Bertz CT molecular complexity index is 976. The number of para-hydroxylation sites is 1. The number of nitrogens with one attached hydrogen (secondary N) is 1. The fraction of sp³-hybridized carbons (Fsp3) is 0.250. The summed E-state index contributed by atoms with van der Waals surface area (Å²) >= 11 is 1.23. The normalized spacial score (nSPS) is 15.5. The van der Waals surface area contributed by atoms with Crippen LogP contribution < -0.4 is 10.2 Å². The summed E-state index contributed by atoms with van der Waals surface area (Å²) in [5.41, 5.74) is 2.93. The lowest BCUT2D eigenvalue weighted by Crippen LogP contribution is -2.36. The molecule has 1 N–H and O–H groups in total. The van der Waals surface area contributed by atoms with Gasteiger partial charge in [0.05, 0.1) is 12.3 Å². The maximum Gasteiger partial charge on any atom is 0.277 e. The largest absolute Gasteiger partial charge is 0.414 e. The zero-order valence-electron chi connectivity index (χ0n) is 15.3. The molecule has 3 aromatic rings. The van der Waals surface area contributed by atoms with Gasteiger partial charge in [0.1, 0.15) is 5.82 Å². The van der Waals surface area contributed by atoms with Crippen LogP contribution in [0.25, 0.3) is 0 Å². The molecule has 6 nitrogen and oxygen atoms in total. The van der Waals surface area contributed by atoms with Crippen LogP contribution in [-0.4, -0.2) is 27.9 Å². The highest BCUT2D eigenvalue weighted by atomic mass is 32.2. The van der Waals surface area contributed by atoms with Crippen molar-refractivity contribution in [1.82, 2.24) is 10.2 Å². The first-order valence-corrected chi connectivity index (χ1v) is 9.93. The lowest BCUT2D eigenvalue weighted by molar-refractivity contribution is -0.116. The Hall–Kier alpha value is -2.87. The molecule has 0 aliphatic carbocycles. The molecule has 144 valence electrons. The first-order chi connectivity index (χ1) is 13.6. The molecule has 2 aromatic carbocycles. The van der Waals surface area contributed by atoms with Crippen molar-refractivity contribution in [2.24, 2.45) is 0 Å². The van der Waals surface area contributed by atoms with Crippen LogP contribution in [0.15, 0.2) is 58.2 Å². The third-order valence-corrected chi connectivity index (χ3v) is 5.33. The van der Waals surface area contributed by atoms with Gasteiger partial charge in [-0.3, -0.25) is 4.79 Å².